The van der Waals surface area contributed by atoms with Crippen LogP contribution in [0.2, 0.25) is 0 Å². The zero-order valence-electron chi connectivity index (χ0n) is 24.0. The Balaban J connectivity index is 0.983. The third kappa shape index (κ3) is 6.53. The summed E-state index contributed by atoms with van der Waals surface area (Å²) in [6, 6.07) is 22.7. The van der Waals surface area contributed by atoms with E-state index in [2.05, 4.69) is 27.3 Å². The van der Waals surface area contributed by atoms with Gasteiger partial charge in [-0.25, -0.2) is 0 Å². The zero-order valence-corrected chi connectivity index (χ0v) is 24.0. The average molecular weight is 575 g/mol. The lowest BCUT2D eigenvalue weighted by Crippen LogP contribution is -2.49. The minimum absolute atomic E-state index is 0.0292. The smallest absolute Gasteiger partial charge is 0.270 e. The Kier molecular flexibility index (Phi) is 8.35. The normalized spacial score (nSPS) is 21.9. The number of nitrogens with zero attached hydrogens (tertiary/aromatic N) is 5. The van der Waals surface area contributed by atoms with E-state index in [1.807, 2.05) is 41.3 Å². The standard InChI is InChI=1S/C34H34N6O3/c35-19-23-1-3-25(4-2-23)22-39-15-13-27(14-16-39)38-33(41)32-12-7-26(21-37-32)34(42)40-28-8-9-29(40)18-31(17-28)43-30-10-5-24(20-36)6-11-30/h1-7,10-12,21,27-29,31H,8-9,13-18,22H2,(H,38,41). The maximum Gasteiger partial charge on any atom is 0.270 e. The molecule has 2 unspecified atom stereocenters. The van der Waals surface area contributed by atoms with Gasteiger partial charge in [0.25, 0.3) is 11.8 Å². The summed E-state index contributed by atoms with van der Waals surface area (Å²) in [5.74, 6) is 0.485. The number of hydrogen-bond acceptors (Lipinski definition) is 7. The molecular formula is C34H34N6O3. The summed E-state index contributed by atoms with van der Waals surface area (Å²) >= 11 is 0. The molecule has 1 aromatic heterocycles. The third-order valence-corrected chi connectivity index (χ3v) is 8.87. The van der Waals surface area contributed by atoms with Gasteiger partial charge in [0, 0.05) is 56.8 Å². The number of nitrogens with one attached hydrogen (secondary N) is 1. The molecule has 0 aliphatic carbocycles. The van der Waals surface area contributed by atoms with Crippen molar-refractivity contribution in [3.63, 3.8) is 0 Å². The maximum absolute atomic E-state index is 13.5. The molecule has 6 rings (SSSR count). The molecule has 9 nitrogen and oxygen atoms in total. The van der Waals surface area contributed by atoms with E-state index in [0.717, 1.165) is 63.9 Å². The molecule has 2 atom stereocenters. The van der Waals surface area contributed by atoms with E-state index >= 15 is 0 Å². The Hall–Kier alpha value is -4.73. The Morgan fingerprint density at radius 3 is 2.07 bits per heavy atom. The number of pyridine rings is 1. The number of ether oxygens (including phenoxy) is 1. The van der Waals surface area contributed by atoms with Crippen molar-refractivity contribution < 1.29 is 14.3 Å². The van der Waals surface area contributed by atoms with Gasteiger partial charge < -0.3 is 15.0 Å². The number of hydrogen-bond donors (Lipinski definition) is 1. The summed E-state index contributed by atoms with van der Waals surface area (Å²) in [6.07, 6.45) is 6.69. The van der Waals surface area contributed by atoms with Crippen LogP contribution >= 0.6 is 0 Å². The Bertz CT molecular complexity index is 1520. The molecule has 0 spiro atoms. The molecule has 9 heteroatoms. The molecule has 2 aromatic carbocycles. The monoisotopic (exact) mass is 574 g/mol. The van der Waals surface area contributed by atoms with Crippen LogP contribution in [0.4, 0.5) is 0 Å². The van der Waals surface area contributed by atoms with Gasteiger partial charge in [-0.1, -0.05) is 12.1 Å². The van der Waals surface area contributed by atoms with Gasteiger partial charge in [0.1, 0.15) is 17.5 Å². The summed E-state index contributed by atoms with van der Waals surface area (Å²) in [5, 5.41) is 21.1. The highest BCUT2D eigenvalue weighted by atomic mass is 16.5. The number of carbonyl (C=O) groups excluding carboxylic acids is 2. The topological polar surface area (TPSA) is 122 Å². The molecule has 3 aliphatic heterocycles. The average Bonchev–Trinajstić information content (AvgIpc) is 3.32. The van der Waals surface area contributed by atoms with E-state index < -0.39 is 0 Å². The van der Waals surface area contributed by atoms with Crippen LogP contribution in [-0.4, -0.2) is 63.9 Å². The fourth-order valence-corrected chi connectivity index (χ4v) is 6.60. The van der Waals surface area contributed by atoms with Gasteiger partial charge in [-0.3, -0.25) is 19.5 Å². The van der Waals surface area contributed by atoms with Crippen LogP contribution in [0.3, 0.4) is 0 Å². The summed E-state index contributed by atoms with van der Waals surface area (Å²) in [4.78, 5) is 35.1. The molecule has 3 fully saturated rings. The Labute approximate surface area is 251 Å². The second-order valence-electron chi connectivity index (χ2n) is 11.7. The molecule has 2 bridgehead atoms. The van der Waals surface area contributed by atoms with Gasteiger partial charge in [0.2, 0.25) is 0 Å². The first-order chi connectivity index (χ1) is 21.0. The third-order valence-electron chi connectivity index (χ3n) is 8.87. The minimum atomic E-state index is -0.217. The lowest BCUT2D eigenvalue weighted by atomic mass is 9.98. The number of rotatable bonds is 7. The van der Waals surface area contributed by atoms with Crippen molar-refractivity contribution in [2.45, 2.75) is 69.3 Å². The molecule has 0 saturated carbocycles. The second kappa shape index (κ2) is 12.6. The van der Waals surface area contributed by atoms with Gasteiger partial charge in [0.15, 0.2) is 0 Å². The Morgan fingerprint density at radius 1 is 0.860 bits per heavy atom. The second-order valence-corrected chi connectivity index (χ2v) is 11.7. The highest BCUT2D eigenvalue weighted by molar-refractivity contribution is 5.96. The van der Waals surface area contributed by atoms with Crippen LogP contribution in [0.1, 0.15) is 76.1 Å². The van der Waals surface area contributed by atoms with Crippen molar-refractivity contribution in [2.24, 2.45) is 0 Å². The lowest BCUT2D eigenvalue weighted by molar-refractivity contribution is 0.0358. The number of benzene rings is 2. The molecule has 3 aliphatic rings. The van der Waals surface area contributed by atoms with Crippen molar-refractivity contribution in [3.05, 3.63) is 94.8 Å². The van der Waals surface area contributed by atoms with Crippen LogP contribution < -0.4 is 10.1 Å². The molecule has 43 heavy (non-hydrogen) atoms. The number of amides is 2. The molecule has 3 saturated heterocycles. The maximum atomic E-state index is 13.5. The van der Waals surface area contributed by atoms with Gasteiger partial charge in [-0.05, 0) is 79.8 Å². The van der Waals surface area contributed by atoms with E-state index in [1.165, 1.54) is 11.8 Å². The first-order valence-electron chi connectivity index (χ1n) is 15.0. The van der Waals surface area contributed by atoms with Gasteiger partial charge in [0.05, 0.1) is 28.8 Å². The molecule has 218 valence electrons. The summed E-state index contributed by atoms with van der Waals surface area (Å²) in [5.41, 5.74) is 3.25. The van der Waals surface area contributed by atoms with Crippen LogP contribution in [-0.2, 0) is 6.54 Å². The zero-order chi connectivity index (χ0) is 29.8. The van der Waals surface area contributed by atoms with E-state index in [1.54, 1.807) is 24.3 Å². The minimum Gasteiger partial charge on any atom is -0.490 e. The first kappa shape index (κ1) is 28.4. The number of aromatic nitrogens is 1. The number of carbonyl (C=O) groups is 2. The largest absolute Gasteiger partial charge is 0.490 e. The van der Waals surface area contributed by atoms with E-state index in [-0.39, 0.29) is 36.0 Å². The van der Waals surface area contributed by atoms with Gasteiger partial charge in [-0.15, -0.1) is 0 Å². The molecule has 3 aromatic rings. The van der Waals surface area contributed by atoms with E-state index in [9.17, 15) is 9.59 Å². The molecule has 4 heterocycles. The summed E-state index contributed by atoms with van der Waals surface area (Å²) in [6.45, 7) is 2.58. The van der Waals surface area contributed by atoms with Crippen molar-refractivity contribution in [1.82, 2.24) is 20.1 Å². The number of likely N-dealkylation sites (tertiary alicyclic amines) is 1. The predicted octanol–water partition coefficient (Wildman–Crippen LogP) is 4.43. The van der Waals surface area contributed by atoms with Crippen molar-refractivity contribution in [1.29, 1.82) is 10.5 Å². The van der Waals surface area contributed by atoms with Gasteiger partial charge in [-0.2, -0.15) is 10.5 Å². The predicted molar refractivity (Wildman–Crippen MR) is 159 cm³/mol. The van der Waals surface area contributed by atoms with Crippen molar-refractivity contribution in [2.75, 3.05) is 13.1 Å². The molecule has 2 amide bonds. The SMILES string of the molecule is N#Cc1ccc(CN2CCC(NC(=O)c3ccc(C(=O)N4C5CCC4CC(Oc4ccc(C#N)cc4)C5)cn3)CC2)cc1. The lowest BCUT2D eigenvalue weighted by Gasteiger charge is -2.39. The number of nitriles is 2. The van der Waals surface area contributed by atoms with Crippen LogP contribution in [0.25, 0.3) is 0 Å². The van der Waals surface area contributed by atoms with Crippen LogP contribution in [0.5, 0.6) is 5.75 Å². The number of piperidine rings is 2. The molecule has 0 radical (unpaired) electrons. The van der Waals surface area contributed by atoms with Crippen molar-refractivity contribution >= 4 is 11.8 Å². The Morgan fingerprint density at radius 2 is 1.49 bits per heavy atom. The van der Waals surface area contributed by atoms with Gasteiger partial charge >= 0.3 is 0 Å². The first-order valence-corrected chi connectivity index (χ1v) is 15.0. The summed E-state index contributed by atoms with van der Waals surface area (Å²) < 4.78 is 6.20. The van der Waals surface area contributed by atoms with Crippen molar-refractivity contribution in [3.8, 4) is 17.9 Å². The summed E-state index contributed by atoms with van der Waals surface area (Å²) in [7, 11) is 0. The quantitative estimate of drug-likeness (QED) is 0.443. The molecular weight excluding hydrogens is 540 g/mol. The van der Waals surface area contributed by atoms with Crippen LogP contribution in [0, 0.1) is 22.7 Å². The highest BCUT2D eigenvalue weighted by Gasteiger charge is 2.44. The van der Waals surface area contributed by atoms with E-state index in [0.29, 0.717) is 22.4 Å². The fraction of sp³-hybridized carbons (Fsp3) is 0.382. The highest BCUT2D eigenvalue weighted by Crippen LogP contribution is 2.38. The molecule has 1 N–H and O–H groups in total. The van der Waals surface area contributed by atoms with Crippen LogP contribution in [0.15, 0.2) is 66.9 Å². The number of fused-ring (bicyclic) bond motifs is 2. The fourth-order valence-electron chi connectivity index (χ4n) is 6.60. The van der Waals surface area contributed by atoms with E-state index in [4.69, 9.17) is 15.3 Å².